The summed E-state index contributed by atoms with van der Waals surface area (Å²) in [5.74, 6) is -4.17. The first-order chi connectivity index (χ1) is 13.4. The van der Waals surface area contributed by atoms with E-state index in [-0.39, 0.29) is 17.1 Å². The molecule has 0 spiro atoms. The number of aliphatic hydroxyl groups is 1. The highest BCUT2D eigenvalue weighted by Gasteiger charge is 2.55. The summed E-state index contributed by atoms with van der Waals surface area (Å²) in [7, 11) is 0. The maximum absolute atomic E-state index is 12.7. The zero-order valence-electron chi connectivity index (χ0n) is 17.0. The number of hydrogen-bond acceptors (Lipinski definition) is 8. The molecular weight excluding hydrogens is 380 g/mol. The normalized spacial score (nSPS) is 34.8. The van der Waals surface area contributed by atoms with Crippen LogP contribution in [0.3, 0.4) is 0 Å². The Kier molecular flexibility index (Phi) is 6.47. The van der Waals surface area contributed by atoms with E-state index < -0.39 is 53.5 Å². The van der Waals surface area contributed by atoms with Gasteiger partial charge in [0.1, 0.15) is 6.10 Å². The molecule has 2 rings (SSSR count). The quantitative estimate of drug-likeness (QED) is 0.425. The Morgan fingerprint density at radius 3 is 2.45 bits per heavy atom. The summed E-state index contributed by atoms with van der Waals surface area (Å²) in [6.07, 6.45) is -0.676. The van der Waals surface area contributed by atoms with Gasteiger partial charge in [-0.15, -0.1) is 0 Å². The Morgan fingerprint density at radius 1 is 1.28 bits per heavy atom. The maximum Gasteiger partial charge on any atom is 0.334 e. The van der Waals surface area contributed by atoms with E-state index in [1.54, 1.807) is 6.08 Å². The van der Waals surface area contributed by atoms with Gasteiger partial charge in [0.05, 0.1) is 5.92 Å². The molecule has 1 saturated heterocycles. The van der Waals surface area contributed by atoms with Gasteiger partial charge in [-0.05, 0) is 32.3 Å². The summed E-state index contributed by atoms with van der Waals surface area (Å²) in [5.41, 5.74) is -2.18. The second-order valence-electron chi connectivity index (χ2n) is 7.76. The molecule has 0 bridgehead atoms. The summed E-state index contributed by atoms with van der Waals surface area (Å²) < 4.78 is 16.2. The van der Waals surface area contributed by atoms with E-state index >= 15 is 0 Å². The van der Waals surface area contributed by atoms with Gasteiger partial charge in [0, 0.05) is 18.1 Å². The standard InChI is InChI=1S/C21H26O8/c1-10(2)19(24)29-17-16-12(4)20(25)28-14(16)9-11(3)7-8-15(23)21(6,26)18(17)27-13(5)22/h7-8,11,14,16-18,26H,1,4,9H2,2-3,5-6H3/t11-,14+,16-,17-,18+,21-/m0/s1. The molecule has 1 heterocycles. The van der Waals surface area contributed by atoms with Crippen LogP contribution in [0.5, 0.6) is 0 Å². The molecule has 8 heteroatoms. The van der Waals surface area contributed by atoms with Gasteiger partial charge in [0.25, 0.3) is 0 Å². The minimum atomic E-state index is -2.24. The summed E-state index contributed by atoms with van der Waals surface area (Å²) >= 11 is 0. The highest BCUT2D eigenvalue weighted by molar-refractivity contribution is 5.98. The van der Waals surface area contributed by atoms with Crippen molar-refractivity contribution in [3.63, 3.8) is 0 Å². The van der Waals surface area contributed by atoms with Crippen molar-refractivity contribution in [3.05, 3.63) is 36.5 Å². The average Bonchev–Trinajstić information content (AvgIpc) is 2.88. The van der Waals surface area contributed by atoms with Gasteiger partial charge in [-0.25, -0.2) is 9.59 Å². The van der Waals surface area contributed by atoms with Gasteiger partial charge in [-0.3, -0.25) is 9.59 Å². The highest BCUT2D eigenvalue weighted by Crippen LogP contribution is 2.40. The lowest BCUT2D eigenvalue weighted by Gasteiger charge is -2.39. The van der Waals surface area contributed by atoms with E-state index in [2.05, 4.69) is 13.2 Å². The molecule has 8 nitrogen and oxygen atoms in total. The number of carbonyl (C=O) groups is 4. The van der Waals surface area contributed by atoms with E-state index in [0.29, 0.717) is 6.42 Å². The topological polar surface area (TPSA) is 116 Å². The summed E-state index contributed by atoms with van der Waals surface area (Å²) in [5, 5.41) is 11.0. The first-order valence-electron chi connectivity index (χ1n) is 9.24. The van der Waals surface area contributed by atoms with Gasteiger partial charge in [0.15, 0.2) is 23.6 Å². The Labute approximate surface area is 169 Å². The molecule has 6 atom stereocenters. The third-order valence-corrected chi connectivity index (χ3v) is 5.09. The van der Waals surface area contributed by atoms with Gasteiger partial charge in [0.2, 0.25) is 0 Å². The van der Waals surface area contributed by atoms with Crippen LogP contribution in [0, 0.1) is 11.8 Å². The van der Waals surface area contributed by atoms with Gasteiger partial charge in [-0.1, -0.05) is 26.2 Å². The second-order valence-corrected chi connectivity index (χ2v) is 7.76. The number of ether oxygens (including phenoxy) is 3. The summed E-state index contributed by atoms with van der Waals surface area (Å²) in [6.45, 7) is 12.7. The van der Waals surface area contributed by atoms with Crippen molar-refractivity contribution in [2.75, 3.05) is 0 Å². The SMILES string of the molecule is C=C(C)C(=O)O[C@H]1[C@H]2C(=C)C(=O)O[C@@H]2C[C@@H](C)C=CC(=O)[C@](C)(O)[C@@H]1OC(C)=O. The first kappa shape index (κ1) is 22.5. The Bertz CT molecular complexity index is 791. The van der Waals surface area contributed by atoms with Crippen LogP contribution in [0.2, 0.25) is 0 Å². The van der Waals surface area contributed by atoms with Gasteiger partial charge >= 0.3 is 17.9 Å². The van der Waals surface area contributed by atoms with E-state index in [1.807, 2.05) is 6.92 Å². The number of esters is 3. The lowest BCUT2D eigenvalue weighted by atomic mass is 9.77. The molecule has 29 heavy (non-hydrogen) atoms. The highest BCUT2D eigenvalue weighted by atomic mass is 16.6. The van der Waals surface area contributed by atoms with Crippen molar-refractivity contribution < 1.29 is 38.5 Å². The van der Waals surface area contributed by atoms with E-state index in [4.69, 9.17) is 14.2 Å². The van der Waals surface area contributed by atoms with Gasteiger partial charge in [-0.2, -0.15) is 0 Å². The van der Waals surface area contributed by atoms with Crippen LogP contribution in [0.4, 0.5) is 0 Å². The van der Waals surface area contributed by atoms with Gasteiger partial charge < -0.3 is 19.3 Å². The molecule has 1 aliphatic heterocycles. The van der Waals surface area contributed by atoms with Crippen molar-refractivity contribution in [1.82, 2.24) is 0 Å². The lowest BCUT2D eigenvalue weighted by molar-refractivity contribution is -0.194. The van der Waals surface area contributed by atoms with Crippen molar-refractivity contribution in [2.24, 2.45) is 11.8 Å². The Morgan fingerprint density at radius 2 is 1.90 bits per heavy atom. The molecule has 0 aromatic carbocycles. The smallest absolute Gasteiger partial charge is 0.334 e. The summed E-state index contributed by atoms with van der Waals surface area (Å²) in [6, 6.07) is 0. The van der Waals surface area contributed by atoms with E-state index in [9.17, 15) is 24.3 Å². The molecule has 1 aliphatic carbocycles. The molecule has 158 valence electrons. The third kappa shape index (κ3) is 4.64. The second kappa shape index (κ2) is 8.32. The number of carbonyl (C=O) groups excluding carboxylic acids is 4. The molecule has 1 N–H and O–H groups in total. The fourth-order valence-electron chi connectivity index (χ4n) is 3.49. The molecule has 0 aromatic rings. The zero-order chi connectivity index (χ0) is 22.1. The minimum absolute atomic E-state index is 0.00618. The van der Waals surface area contributed by atoms with Crippen LogP contribution < -0.4 is 0 Å². The third-order valence-electron chi connectivity index (χ3n) is 5.09. The minimum Gasteiger partial charge on any atom is -0.458 e. The molecule has 0 amide bonds. The van der Waals surface area contributed by atoms with E-state index in [0.717, 1.165) is 13.8 Å². The van der Waals surface area contributed by atoms with Crippen molar-refractivity contribution in [3.8, 4) is 0 Å². The number of ketones is 1. The largest absolute Gasteiger partial charge is 0.458 e. The van der Waals surface area contributed by atoms with Crippen molar-refractivity contribution in [2.45, 2.75) is 58.0 Å². The number of allylic oxidation sites excluding steroid dienone is 1. The van der Waals surface area contributed by atoms with Crippen LogP contribution in [-0.4, -0.2) is 52.7 Å². The van der Waals surface area contributed by atoms with Crippen LogP contribution in [-0.2, 0) is 33.4 Å². The predicted molar refractivity (Wildman–Crippen MR) is 101 cm³/mol. The number of rotatable bonds is 3. The van der Waals surface area contributed by atoms with Crippen molar-refractivity contribution in [1.29, 1.82) is 0 Å². The van der Waals surface area contributed by atoms with Crippen LogP contribution >= 0.6 is 0 Å². The Hall–Kier alpha value is -2.74. The lowest BCUT2D eigenvalue weighted by Crippen LogP contribution is -2.58. The fraction of sp³-hybridized carbons (Fsp3) is 0.524. The predicted octanol–water partition coefficient (Wildman–Crippen LogP) is 1.42. The molecule has 0 unspecified atom stereocenters. The molecule has 0 radical (unpaired) electrons. The van der Waals surface area contributed by atoms with Crippen LogP contribution in [0.25, 0.3) is 0 Å². The first-order valence-corrected chi connectivity index (χ1v) is 9.24. The van der Waals surface area contributed by atoms with E-state index in [1.165, 1.54) is 13.0 Å². The Balaban J connectivity index is 2.67. The number of hydrogen-bond donors (Lipinski definition) is 1. The fourth-order valence-corrected chi connectivity index (χ4v) is 3.49. The average molecular weight is 406 g/mol. The molecule has 2 aliphatic rings. The van der Waals surface area contributed by atoms with Crippen molar-refractivity contribution >= 4 is 23.7 Å². The monoisotopic (exact) mass is 406 g/mol. The molecule has 1 fully saturated rings. The molecular formula is C21H26O8. The maximum atomic E-state index is 12.7. The van der Waals surface area contributed by atoms with Crippen LogP contribution in [0.1, 0.15) is 34.1 Å². The zero-order valence-corrected chi connectivity index (χ0v) is 17.0. The number of fused-ring (bicyclic) bond motifs is 1. The molecule has 0 aromatic heterocycles. The van der Waals surface area contributed by atoms with Crippen LogP contribution in [0.15, 0.2) is 36.5 Å². The summed E-state index contributed by atoms with van der Waals surface area (Å²) in [4.78, 5) is 49.0. The molecule has 0 saturated carbocycles.